The fraction of sp³-hybridized carbons (Fsp3) is 0.512. The molecule has 1 aromatic heterocycles. The summed E-state index contributed by atoms with van der Waals surface area (Å²) in [5.74, 6) is -2.08. The van der Waals surface area contributed by atoms with Crippen LogP contribution in [0.4, 0.5) is 0 Å². The van der Waals surface area contributed by atoms with Crippen molar-refractivity contribution in [2.75, 3.05) is 20.2 Å². The summed E-state index contributed by atoms with van der Waals surface area (Å²) in [7, 11) is 1.61. The van der Waals surface area contributed by atoms with Crippen molar-refractivity contribution >= 4 is 34.4 Å². The minimum atomic E-state index is -1.18. The normalized spacial score (nSPS) is 30.9. The SMILES string of the molecule is COc1ccc2c(O[C@H]3CC4C(=O)[C@@H](CC(=O)N5CC(C)OC(C)C5)CCCCC/C=C\[C@@H]5C[C@@]5(C(N)=O)NC(=O)[C@@H]4C3)cc(-c3ccccc3)nc2c1. The first-order valence-corrected chi connectivity index (χ1v) is 19.5. The summed E-state index contributed by atoms with van der Waals surface area (Å²) < 4.78 is 18.2. The molecular formula is C43H52N4O7. The van der Waals surface area contributed by atoms with Gasteiger partial charge in [-0.1, -0.05) is 55.3 Å². The average Bonchev–Trinajstić information content (AvgIpc) is 3.70. The van der Waals surface area contributed by atoms with Gasteiger partial charge in [-0.15, -0.1) is 0 Å². The van der Waals surface area contributed by atoms with Crippen LogP contribution in [-0.2, 0) is 23.9 Å². The number of nitrogens with two attached hydrogens (primary N) is 1. The van der Waals surface area contributed by atoms with E-state index < -0.39 is 35.3 Å². The van der Waals surface area contributed by atoms with Gasteiger partial charge in [0, 0.05) is 60.3 Å². The Bertz CT molecular complexity index is 1910. The van der Waals surface area contributed by atoms with Crippen molar-refractivity contribution in [1.82, 2.24) is 15.2 Å². The van der Waals surface area contributed by atoms with Gasteiger partial charge in [-0.2, -0.15) is 0 Å². The van der Waals surface area contributed by atoms with Gasteiger partial charge in [-0.25, -0.2) is 4.98 Å². The van der Waals surface area contributed by atoms with E-state index >= 15 is 0 Å². The molecule has 2 aromatic carbocycles. The number of aromatic nitrogens is 1. The van der Waals surface area contributed by atoms with Crippen LogP contribution in [0.5, 0.6) is 11.5 Å². The fourth-order valence-electron chi connectivity index (χ4n) is 8.81. The lowest BCUT2D eigenvalue weighted by molar-refractivity contribution is -0.147. The molecule has 3 amide bonds. The smallest absolute Gasteiger partial charge is 0.243 e. The molecule has 1 saturated heterocycles. The number of Topliss-reactive ketones (excluding diaryl/α,β-unsaturated/α-hetero) is 1. The number of rotatable bonds is 7. The molecule has 0 radical (unpaired) electrons. The first kappa shape index (κ1) is 37.5. The highest BCUT2D eigenvalue weighted by molar-refractivity contribution is 5.98. The third-order valence-corrected chi connectivity index (χ3v) is 11.8. The van der Waals surface area contributed by atoms with Gasteiger partial charge in [0.1, 0.15) is 28.9 Å². The number of benzene rings is 2. The molecule has 3 N–H and O–H groups in total. The summed E-state index contributed by atoms with van der Waals surface area (Å²) >= 11 is 0. The topological polar surface area (TPSA) is 150 Å². The Morgan fingerprint density at radius 1 is 1.00 bits per heavy atom. The Morgan fingerprint density at radius 2 is 1.76 bits per heavy atom. The van der Waals surface area contributed by atoms with E-state index in [2.05, 4.69) is 11.4 Å². The Kier molecular flexibility index (Phi) is 11.1. The minimum Gasteiger partial charge on any atom is -0.497 e. The van der Waals surface area contributed by atoms with Gasteiger partial charge in [0.05, 0.1) is 36.4 Å². The molecule has 4 aliphatic rings. The number of carbonyl (C=O) groups excluding carboxylic acids is 4. The molecule has 2 aliphatic carbocycles. The molecule has 286 valence electrons. The van der Waals surface area contributed by atoms with Gasteiger partial charge >= 0.3 is 0 Å². The first-order chi connectivity index (χ1) is 26.0. The van der Waals surface area contributed by atoms with E-state index in [9.17, 15) is 19.2 Å². The molecule has 11 heteroatoms. The van der Waals surface area contributed by atoms with Gasteiger partial charge in [-0.05, 0) is 64.5 Å². The van der Waals surface area contributed by atoms with Gasteiger partial charge in [0.2, 0.25) is 17.7 Å². The zero-order chi connectivity index (χ0) is 38.0. The number of nitrogens with zero attached hydrogens (tertiary/aromatic N) is 2. The van der Waals surface area contributed by atoms with E-state index in [0.717, 1.165) is 36.6 Å². The summed E-state index contributed by atoms with van der Waals surface area (Å²) in [6.07, 6.45) is 8.45. The number of morpholine rings is 1. The number of nitrogens with one attached hydrogen (secondary N) is 1. The summed E-state index contributed by atoms with van der Waals surface area (Å²) in [4.78, 5) is 62.5. The van der Waals surface area contributed by atoms with Crippen LogP contribution in [0.25, 0.3) is 22.2 Å². The summed E-state index contributed by atoms with van der Waals surface area (Å²) in [5.41, 5.74) is 7.06. The van der Waals surface area contributed by atoms with Crippen molar-refractivity contribution in [3.05, 3.63) is 66.7 Å². The van der Waals surface area contributed by atoms with E-state index in [0.29, 0.717) is 55.1 Å². The molecule has 3 fully saturated rings. The number of pyridine rings is 1. The molecule has 8 atom stereocenters. The third-order valence-electron chi connectivity index (χ3n) is 11.8. The Morgan fingerprint density at radius 3 is 2.50 bits per heavy atom. The van der Waals surface area contributed by atoms with Gasteiger partial charge < -0.3 is 30.2 Å². The maximum Gasteiger partial charge on any atom is 0.243 e. The minimum absolute atomic E-state index is 0.0661. The van der Waals surface area contributed by atoms with Gasteiger partial charge in [0.15, 0.2) is 0 Å². The number of carbonyl (C=O) groups is 4. The maximum atomic E-state index is 14.8. The quantitative estimate of drug-likeness (QED) is 0.290. The lowest BCUT2D eigenvalue weighted by Gasteiger charge is -2.36. The molecule has 0 spiro atoms. The molecule has 3 unspecified atom stereocenters. The number of allylic oxidation sites excluding steroid dienone is 1. The van der Waals surface area contributed by atoms with Gasteiger partial charge in [-0.3, -0.25) is 19.2 Å². The van der Waals surface area contributed by atoms with Crippen LogP contribution >= 0.6 is 0 Å². The number of ketones is 1. The highest BCUT2D eigenvalue weighted by atomic mass is 16.5. The predicted octanol–water partition coefficient (Wildman–Crippen LogP) is 5.78. The highest BCUT2D eigenvalue weighted by Crippen LogP contribution is 2.47. The van der Waals surface area contributed by atoms with E-state index in [4.69, 9.17) is 24.9 Å². The van der Waals surface area contributed by atoms with E-state index in [1.54, 1.807) is 7.11 Å². The second-order valence-corrected chi connectivity index (χ2v) is 15.7. The number of fused-ring (bicyclic) bond motifs is 3. The Hall–Kier alpha value is -4.77. The fourth-order valence-corrected chi connectivity index (χ4v) is 8.81. The van der Waals surface area contributed by atoms with Crippen molar-refractivity contribution in [1.29, 1.82) is 0 Å². The zero-order valence-corrected chi connectivity index (χ0v) is 31.5. The maximum absolute atomic E-state index is 14.8. The monoisotopic (exact) mass is 736 g/mol. The summed E-state index contributed by atoms with van der Waals surface area (Å²) in [6, 6.07) is 17.3. The number of primary amides is 1. The van der Waals surface area contributed by atoms with Crippen LogP contribution in [0.3, 0.4) is 0 Å². The summed E-state index contributed by atoms with van der Waals surface area (Å²) in [6.45, 7) is 4.87. The molecule has 2 aliphatic heterocycles. The Labute approximate surface area is 317 Å². The number of hydrogen-bond donors (Lipinski definition) is 2. The lowest BCUT2D eigenvalue weighted by Crippen LogP contribution is -2.51. The number of amides is 3. The van der Waals surface area contributed by atoms with Crippen LogP contribution in [-0.4, -0.2) is 77.4 Å². The second-order valence-electron chi connectivity index (χ2n) is 15.7. The number of ether oxygens (including phenoxy) is 3. The molecule has 3 heterocycles. The molecule has 3 aromatic rings. The van der Waals surface area contributed by atoms with E-state index in [1.807, 2.05) is 79.4 Å². The zero-order valence-electron chi connectivity index (χ0n) is 31.5. The van der Waals surface area contributed by atoms with Crippen molar-refractivity contribution in [2.24, 2.45) is 29.4 Å². The lowest BCUT2D eigenvalue weighted by atomic mass is 9.80. The molecular weight excluding hydrogens is 684 g/mol. The van der Waals surface area contributed by atoms with Crippen molar-refractivity contribution in [3.63, 3.8) is 0 Å². The average molecular weight is 737 g/mol. The second kappa shape index (κ2) is 15.9. The molecule has 0 bridgehead atoms. The Balaban J connectivity index is 1.21. The van der Waals surface area contributed by atoms with Crippen molar-refractivity contribution in [3.8, 4) is 22.8 Å². The van der Waals surface area contributed by atoms with Crippen LogP contribution < -0.4 is 20.5 Å². The summed E-state index contributed by atoms with van der Waals surface area (Å²) in [5, 5.41) is 3.79. The number of methoxy groups -OCH3 is 1. The first-order valence-electron chi connectivity index (χ1n) is 19.5. The van der Waals surface area contributed by atoms with Crippen LogP contribution in [0.2, 0.25) is 0 Å². The van der Waals surface area contributed by atoms with Crippen molar-refractivity contribution < 1.29 is 33.4 Å². The number of hydrogen-bond acceptors (Lipinski definition) is 8. The van der Waals surface area contributed by atoms with Crippen LogP contribution in [0.1, 0.15) is 71.6 Å². The van der Waals surface area contributed by atoms with Gasteiger partial charge in [0.25, 0.3) is 0 Å². The molecule has 7 rings (SSSR count). The molecule has 54 heavy (non-hydrogen) atoms. The van der Waals surface area contributed by atoms with Crippen molar-refractivity contribution in [2.45, 2.75) is 95.5 Å². The standard InChI is InChI=1S/C43H52N4O7/c1-26-24-47(25-27(2)53-26)39(48)18-29-14-8-5-4-6-11-15-30-23-43(30,42(44)51)46-41(50)35-20-32(19-34(35)40(29)49)54-38-22-36(28-12-9-7-10-13-28)45-37-21-31(52-3)16-17-33(37)38/h7,9-13,15-17,21-22,26-27,29-30,32,34-35H,4-6,8,14,18-20,23-25H2,1-3H3,(H2,44,51)(H,46,50)/b15-11-/t26?,27?,29-,30-,32+,34?,35-,43-/m1/s1. The largest absolute Gasteiger partial charge is 0.497 e. The molecule has 2 saturated carbocycles. The van der Waals surface area contributed by atoms with Crippen LogP contribution in [0.15, 0.2) is 66.7 Å². The predicted molar refractivity (Wildman–Crippen MR) is 204 cm³/mol. The highest BCUT2D eigenvalue weighted by Gasteiger charge is 2.60. The van der Waals surface area contributed by atoms with E-state index in [-0.39, 0.29) is 48.6 Å². The van der Waals surface area contributed by atoms with E-state index in [1.165, 1.54) is 0 Å². The third kappa shape index (κ3) is 8.01. The van der Waals surface area contributed by atoms with Crippen LogP contribution in [0, 0.1) is 23.7 Å². The molecule has 11 nitrogen and oxygen atoms in total.